The summed E-state index contributed by atoms with van der Waals surface area (Å²) in [7, 11) is 0. The Hall–Kier alpha value is -0.610. The van der Waals surface area contributed by atoms with Crippen molar-refractivity contribution < 1.29 is 19.7 Å². The van der Waals surface area contributed by atoms with Gasteiger partial charge in [0.1, 0.15) is 6.10 Å². The van der Waals surface area contributed by atoms with Crippen LogP contribution >= 0.6 is 0 Å². The maximum absolute atomic E-state index is 12.5. The normalized spacial score (nSPS) is 53.6. The highest BCUT2D eigenvalue weighted by atomic mass is 16.5. The molecule has 10 atom stereocenters. The summed E-state index contributed by atoms with van der Waals surface area (Å²) in [4.78, 5) is 11.9. The first-order valence-corrected chi connectivity index (χ1v) is 15.1. The van der Waals surface area contributed by atoms with E-state index in [2.05, 4.69) is 48.5 Å². The minimum absolute atomic E-state index is 0.00513. The number of aliphatic hydroxyl groups excluding tert-OH is 1. The first kappa shape index (κ1) is 27.0. The van der Waals surface area contributed by atoms with Crippen LogP contribution in [0.5, 0.6) is 0 Å². The Balaban J connectivity index is 1.48. The van der Waals surface area contributed by atoms with E-state index in [4.69, 9.17) is 4.74 Å². The van der Waals surface area contributed by atoms with E-state index in [1.807, 2.05) is 0 Å². The van der Waals surface area contributed by atoms with Gasteiger partial charge in [0.2, 0.25) is 0 Å². The molecule has 0 bridgehead atoms. The Morgan fingerprint density at radius 1 is 0.694 bits per heavy atom. The lowest BCUT2D eigenvalue weighted by molar-refractivity contribution is -0.214. The van der Waals surface area contributed by atoms with E-state index in [-0.39, 0.29) is 45.3 Å². The van der Waals surface area contributed by atoms with E-state index < -0.39 is 5.60 Å². The maximum Gasteiger partial charge on any atom is 0.302 e. The minimum Gasteiger partial charge on any atom is -0.462 e. The molecule has 0 aromatic heterocycles. The fourth-order valence-corrected chi connectivity index (χ4v) is 12.1. The summed E-state index contributed by atoms with van der Waals surface area (Å²) in [6.45, 7) is 18.3. The third-order valence-corrected chi connectivity index (χ3v) is 13.7. The first-order valence-electron chi connectivity index (χ1n) is 15.1. The Kier molecular flexibility index (Phi) is 6.14. The van der Waals surface area contributed by atoms with Crippen molar-refractivity contribution in [2.24, 2.45) is 50.7 Å². The zero-order chi connectivity index (χ0) is 26.5. The lowest BCUT2D eigenvalue weighted by Gasteiger charge is -2.65. The van der Waals surface area contributed by atoms with Crippen molar-refractivity contribution in [2.45, 2.75) is 144 Å². The highest BCUT2D eigenvalue weighted by Gasteiger charge is 2.67. The van der Waals surface area contributed by atoms with E-state index in [1.54, 1.807) is 6.92 Å². The molecule has 5 fully saturated rings. The monoisotopic (exact) mass is 502 g/mol. The third kappa shape index (κ3) is 3.62. The summed E-state index contributed by atoms with van der Waals surface area (Å²) < 4.78 is 5.88. The Labute approximate surface area is 220 Å². The smallest absolute Gasteiger partial charge is 0.302 e. The molecule has 0 saturated heterocycles. The second-order valence-corrected chi connectivity index (χ2v) is 16.1. The molecule has 0 heterocycles. The fraction of sp³-hybridized carbons (Fsp3) is 0.969. The van der Waals surface area contributed by atoms with Crippen molar-refractivity contribution in [3.05, 3.63) is 0 Å². The van der Waals surface area contributed by atoms with E-state index in [0.717, 1.165) is 64.2 Å². The van der Waals surface area contributed by atoms with E-state index in [1.165, 1.54) is 6.42 Å². The van der Waals surface area contributed by atoms with Gasteiger partial charge in [0.05, 0.1) is 11.7 Å². The molecule has 0 aromatic rings. The van der Waals surface area contributed by atoms with Gasteiger partial charge in [-0.1, -0.05) is 48.5 Å². The van der Waals surface area contributed by atoms with Gasteiger partial charge < -0.3 is 14.9 Å². The zero-order valence-corrected chi connectivity index (χ0v) is 24.5. The van der Waals surface area contributed by atoms with Crippen LogP contribution < -0.4 is 0 Å². The van der Waals surface area contributed by atoms with Crippen LogP contribution in [0.3, 0.4) is 0 Å². The Bertz CT molecular complexity index is 895. The SMILES string of the molecule is CC(=O)OC1CCC2(C)C3CCC4C(O)(CCC5C(C)(C)C(O)CCC45C)CC3(C)CCC2C1(C)C. The predicted molar refractivity (Wildman–Crippen MR) is 143 cm³/mol. The molecule has 36 heavy (non-hydrogen) atoms. The van der Waals surface area contributed by atoms with E-state index >= 15 is 0 Å². The van der Waals surface area contributed by atoms with Crippen LogP contribution in [0.2, 0.25) is 0 Å². The molecule has 10 unspecified atom stereocenters. The second-order valence-electron chi connectivity index (χ2n) is 16.1. The number of ether oxygens (including phenoxy) is 1. The lowest BCUT2D eigenvalue weighted by Crippen LogP contribution is -2.62. The summed E-state index contributed by atoms with van der Waals surface area (Å²) in [6, 6.07) is 0. The van der Waals surface area contributed by atoms with Gasteiger partial charge in [0.15, 0.2) is 0 Å². The summed E-state index contributed by atoms with van der Waals surface area (Å²) in [5, 5.41) is 23.4. The average molecular weight is 503 g/mol. The van der Waals surface area contributed by atoms with Gasteiger partial charge in [-0.05, 0) is 116 Å². The molecule has 0 aromatic carbocycles. The molecule has 5 aliphatic rings. The van der Waals surface area contributed by atoms with Gasteiger partial charge in [-0.25, -0.2) is 0 Å². The van der Waals surface area contributed by atoms with Crippen LogP contribution in [0, 0.1) is 50.7 Å². The largest absolute Gasteiger partial charge is 0.462 e. The van der Waals surface area contributed by atoms with Gasteiger partial charge in [-0.15, -0.1) is 0 Å². The number of hydrogen-bond donors (Lipinski definition) is 2. The van der Waals surface area contributed by atoms with Gasteiger partial charge in [-0.2, -0.15) is 0 Å². The number of esters is 1. The molecular formula is C32H54O4. The van der Waals surface area contributed by atoms with Gasteiger partial charge in [0, 0.05) is 12.3 Å². The van der Waals surface area contributed by atoms with Crippen LogP contribution in [-0.4, -0.2) is 34.0 Å². The first-order chi connectivity index (χ1) is 16.5. The quantitative estimate of drug-likeness (QED) is 0.383. The highest BCUT2D eigenvalue weighted by Crippen LogP contribution is 2.72. The Morgan fingerprint density at radius 3 is 1.92 bits per heavy atom. The van der Waals surface area contributed by atoms with Crippen LogP contribution in [0.1, 0.15) is 126 Å². The number of hydrogen-bond acceptors (Lipinski definition) is 4. The topological polar surface area (TPSA) is 66.8 Å². The molecule has 5 saturated carbocycles. The van der Waals surface area contributed by atoms with E-state index in [0.29, 0.717) is 23.7 Å². The molecule has 5 aliphatic carbocycles. The molecule has 0 radical (unpaired) electrons. The standard InChI is InChI=1S/C32H54O4/c1-20(33)36-26-14-17-30(7)22(28(26,4)5)11-15-29(6)19-32(35)18-12-21-27(2,3)25(34)13-16-31(21,8)24(32)10-9-23(29)30/h21-26,34-35H,9-19H2,1-8H3. The number of rotatable bonds is 1. The number of fused-ring (bicyclic) bond motifs is 6. The van der Waals surface area contributed by atoms with Crippen molar-refractivity contribution in [1.29, 1.82) is 0 Å². The summed E-state index contributed by atoms with van der Waals surface area (Å²) in [6.07, 6.45) is 11.2. The highest BCUT2D eigenvalue weighted by molar-refractivity contribution is 5.66. The number of carbonyl (C=O) groups is 1. The van der Waals surface area contributed by atoms with Crippen molar-refractivity contribution in [1.82, 2.24) is 0 Å². The van der Waals surface area contributed by atoms with Gasteiger partial charge in [-0.3, -0.25) is 4.79 Å². The molecule has 0 aliphatic heterocycles. The maximum atomic E-state index is 12.5. The molecular weight excluding hydrogens is 448 g/mol. The molecule has 4 nitrogen and oxygen atoms in total. The summed E-state index contributed by atoms with van der Waals surface area (Å²) in [5.74, 6) is 1.74. The molecule has 0 spiro atoms. The second kappa shape index (κ2) is 8.20. The average Bonchev–Trinajstić information content (AvgIpc) is 2.87. The predicted octanol–water partition coefficient (Wildman–Crippen LogP) is 6.91. The van der Waals surface area contributed by atoms with E-state index in [9.17, 15) is 15.0 Å². The van der Waals surface area contributed by atoms with Crippen LogP contribution in [-0.2, 0) is 9.53 Å². The fourth-order valence-electron chi connectivity index (χ4n) is 12.1. The van der Waals surface area contributed by atoms with Crippen LogP contribution in [0.15, 0.2) is 0 Å². The Morgan fingerprint density at radius 2 is 1.25 bits per heavy atom. The van der Waals surface area contributed by atoms with Crippen LogP contribution in [0.25, 0.3) is 0 Å². The number of carbonyl (C=O) groups excluding carboxylic acids is 1. The number of aliphatic hydroxyl groups is 2. The summed E-state index contributed by atoms with van der Waals surface area (Å²) >= 11 is 0. The van der Waals surface area contributed by atoms with Crippen molar-refractivity contribution in [3.8, 4) is 0 Å². The molecule has 2 N–H and O–H groups in total. The third-order valence-electron chi connectivity index (χ3n) is 13.7. The van der Waals surface area contributed by atoms with Crippen molar-refractivity contribution in [3.63, 3.8) is 0 Å². The molecule has 0 amide bonds. The molecule has 206 valence electrons. The van der Waals surface area contributed by atoms with Gasteiger partial charge >= 0.3 is 5.97 Å². The minimum atomic E-state index is -0.596. The van der Waals surface area contributed by atoms with Crippen molar-refractivity contribution >= 4 is 5.97 Å². The summed E-state index contributed by atoms with van der Waals surface area (Å²) in [5.41, 5.74) is -0.275. The molecule has 5 rings (SSSR count). The van der Waals surface area contributed by atoms with Crippen LogP contribution in [0.4, 0.5) is 0 Å². The van der Waals surface area contributed by atoms with Crippen molar-refractivity contribution in [2.75, 3.05) is 0 Å². The van der Waals surface area contributed by atoms with Gasteiger partial charge in [0.25, 0.3) is 0 Å². The lowest BCUT2D eigenvalue weighted by atomic mass is 9.41. The molecule has 4 heteroatoms. The zero-order valence-electron chi connectivity index (χ0n) is 24.5.